The highest BCUT2D eigenvalue weighted by Crippen LogP contribution is 2.48. The van der Waals surface area contributed by atoms with Gasteiger partial charge in [-0.25, -0.2) is 0 Å². The Labute approximate surface area is 113 Å². The largest absolute Gasteiger partial charge is 0.374 e. The Balaban J connectivity index is 2.08. The summed E-state index contributed by atoms with van der Waals surface area (Å²) in [6.07, 6.45) is -0.511. The van der Waals surface area contributed by atoms with Crippen molar-refractivity contribution in [2.24, 2.45) is 0 Å². The normalized spacial score (nSPS) is 35.8. The lowest BCUT2D eigenvalue weighted by Crippen LogP contribution is -2.41. The lowest BCUT2D eigenvalue weighted by atomic mass is 9.83. The summed E-state index contributed by atoms with van der Waals surface area (Å²) in [5.74, 6) is -0.606. The molecule has 0 amide bonds. The van der Waals surface area contributed by atoms with Gasteiger partial charge in [0.05, 0.1) is 0 Å². The Hall–Kier alpha value is -0.940. The number of fused-ring (bicyclic) bond motifs is 2. The van der Waals surface area contributed by atoms with Gasteiger partial charge in [0, 0.05) is 14.2 Å². The average molecular weight is 264 g/mol. The van der Waals surface area contributed by atoms with Crippen LogP contribution in [0.1, 0.15) is 37.2 Å². The quantitative estimate of drug-likeness (QED) is 0.822. The molecular formula is C15H20O4. The minimum absolute atomic E-state index is 0.116. The van der Waals surface area contributed by atoms with Crippen LogP contribution in [0.5, 0.6) is 0 Å². The van der Waals surface area contributed by atoms with Crippen LogP contribution in [0, 0.1) is 0 Å². The molecule has 1 aromatic rings. The van der Waals surface area contributed by atoms with Crippen molar-refractivity contribution in [1.29, 1.82) is 0 Å². The van der Waals surface area contributed by atoms with E-state index < -0.39 is 5.79 Å². The molecule has 19 heavy (non-hydrogen) atoms. The SMILES string of the molecule is CO[C@@H]1c2ccccc2[C@H](OC)[C@H]2OC(C)(C)O[C@H]21. The summed E-state index contributed by atoms with van der Waals surface area (Å²) in [6, 6.07) is 8.17. The van der Waals surface area contributed by atoms with Crippen LogP contribution in [0.2, 0.25) is 0 Å². The molecule has 104 valence electrons. The molecule has 4 atom stereocenters. The van der Waals surface area contributed by atoms with Crippen LogP contribution < -0.4 is 0 Å². The van der Waals surface area contributed by atoms with Crippen molar-refractivity contribution < 1.29 is 18.9 Å². The molecule has 3 rings (SSSR count). The van der Waals surface area contributed by atoms with E-state index >= 15 is 0 Å². The van der Waals surface area contributed by atoms with E-state index in [1.165, 1.54) is 0 Å². The van der Waals surface area contributed by atoms with Crippen molar-refractivity contribution in [3.8, 4) is 0 Å². The van der Waals surface area contributed by atoms with E-state index in [2.05, 4.69) is 12.1 Å². The molecule has 0 radical (unpaired) electrons. The van der Waals surface area contributed by atoms with Crippen LogP contribution in [0.4, 0.5) is 0 Å². The fourth-order valence-electron chi connectivity index (χ4n) is 3.19. The Morgan fingerprint density at radius 1 is 0.895 bits per heavy atom. The van der Waals surface area contributed by atoms with E-state index in [0.29, 0.717) is 0 Å². The zero-order chi connectivity index (χ0) is 13.6. The second-order valence-electron chi connectivity index (χ2n) is 5.51. The summed E-state index contributed by atoms with van der Waals surface area (Å²) >= 11 is 0. The van der Waals surface area contributed by atoms with Crippen molar-refractivity contribution in [3.05, 3.63) is 35.4 Å². The van der Waals surface area contributed by atoms with Crippen LogP contribution >= 0.6 is 0 Å². The van der Waals surface area contributed by atoms with Crippen LogP contribution in [0.15, 0.2) is 24.3 Å². The molecule has 0 saturated carbocycles. The zero-order valence-corrected chi connectivity index (χ0v) is 11.8. The van der Waals surface area contributed by atoms with Gasteiger partial charge < -0.3 is 18.9 Å². The molecule has 1 heterocycles. The zero-order valence-electron chi connectivity index (χ0n) is 11.8. The third kappa shape index (κ3) is 1.99. The van der Waals surface area contributed by atoms with E-state index in [1.54, 1.807) is 14.2 Å². The van der Waals surface area contributed by atoms with Gasteiger partial charge in [-0.05, 0) is 25.0 Å². The molecule has 4 heteroatoms. The number of rotatable bonds is 2. The highest BCUT2D eigenvalue weighted by molar-refractivity contribution is 5.36. The van der Waals surface area contributed by atoms with E-state index in [-0.39, 0.29) is 24.4 Å². The fourth-order valence-corrected chi connectivity index (χ4v) is 3.19. The Morgan fingerprint density at radius 2 is 1.32 bits per heavy atom. The standard InChI is InChI=1S/C15H20O4/c1-15(2)18-13-11(16-3)9-7-5-6-8-10(9)12(17-4)14(13)19-15/h5-8,11-14H,1-4H3/t11-,12+,13+,14-. The first-order chi connectivity index (χ1) is 9.07. The Morgan fingerprint density at radius 3 is 1.68 bits per heavy atom. The molecule has 1 aliphatic carbocycles. The summed E-state index contributed by atoms with van der Waals surface area (Å²) < 4.78 is 23.4. The predicted molar refractivity (Wildman–Crippen MR) is 69.8 cm³/mol. The van der Waals surface area contributed by atoms with Gasteiger partial charge in [-0.15, -0.1) is 0 Å². The number of ether oxygens (including phenoxy) is 4. The lowest BCUT2D eigenvalue weighted by Gasteiger charge is -2.37. The van der Waals surface area contributed by atoms with Gasteiger partial charge in [-0.3, -0.25) is 0 Å². The first-order valence-electron chi connectivity index (χ1n) is 6.57. The van der Waals surface area contributed by atoms with E-state index in [1.807, 2.05) is 26.0 Å². The molecule has 2 aliphatic rings. The highest BCUT2D eigenvalue weighted by Gasteiger charge is 2.53. The minimum atomic E-state index is -0.606. The Kier molecular flexibility index (Phi) is 3.14. The van der Waals surface area contributed by atoms with Gasteiger partial charge >= 0.3 is 0 Å². The van der Waals surface area contributed by atoms with Crippen molar-refractivity contribution in [2.45, 2.75) is 44.1 Å². The van der Waals surface area contributed by atoms with Gasteiger partial charge in [0.25, 0.3) is 0 Å². The van der Waals surface area contributed by atoms with Gasteiger partial charge in [-0.1, -0.05) is 24.3 Å². The minimum Gasteiger partial charge on any atom is -0.374 e. The number of benzene rings is 1. The maximum atomic E-state index is 6.02. The van der Waals surface area contributed by atoms with E-state index in [4.69, 9.17) is 18.9 Å². The molecule has 1 fully saturated rings. The summed E-state index contributed by atoms with van der Waals surface area (Å²) in [5, 5.41) is 0. The average Bonchev–Trinajstić information content (AvgIpc) is 2.70. The van der Waals surface area contributed by atoms with Crippen molar-refractivity contribution in [1.82, 2.24) is 0 Å². The van der Waals surface area contributed by atoms with Gasteiger partial charge in [-0.2, -0.15) is 0 Å². The van der Waals surface area contributed by atoms with E-state index in [9.17, 15) is 0 Å². The fraction of sp³-hybridized carbons (Fsp3) is 0.600. The molecule has 1 saturated heterocycles. The second kappa shape index (κ2) is 4.56. The summed E-state index contributed by atoms with van der Waals surface area (Å²) in [5.41, 5.74) is 2.25. The Bertz CT molecular complexity index is 430. The topological polar surface area (TPSA) is 36.9 Å². The molecule has 1 aromatic carbocycles. The number of methoxy groups -OCH3 is 2. The number of hydrogen-bond donors (Lipinski definition) is 0. The van der Waals surface area contributed by atoms with E-state index in [0.717, 1.165) is 11.1 Å². The summed E-state index contributed by atoms with van der Waals surface area (Å²) in [7, 11) is 3.42. The molecule has 0 bridgehead atoms. The van der Waals surface area contributed by atoms with Crippen LogP contribution in [0.25, 0.3) is 0 Å². The summed E-state index contributed by atoms with van der Waals surface area (Å²) in [4.78, 5) is 0. The van der Waals surface area contributed by atoms with Gasteiger partial charge in [0.1, 0.15) is 24.4 Å². The molecule has 4 nitrogen and oxygen atoms in total. The third-order valence-electron chi connectivity index (χ3n) is 3.88. The molecule has 0 unspecified atom stereocenters. The van der Waals surface area contributed by atoms with Gasteiger partial charge in [0.2, 0.25) is 0 Å². The maximum Gasteiger partial charge on any atom is 0.164 e. The first-order valence-corrected chi connectivity index (χ1v) is 6.57. The molecule has 1 aliphatic heterocycles. The van der Waals surface area contributed by atoms with Gasteiger partial charge in [0.15, 0.2) is 5.79 Å². The van der Waals surface area contributed by atoms with Crippen LogP contribution in [-0.2, 0) is 18.9 Å². The molecular weight excluding hydrogens is 244 g/mol. The van der Waals surface area contributed by atoms with Crippen LogP contribution in [-0.4, -0.2) is 32.2 Å². The molecule has 0 aromatic heterocycles. The second-order valence-corrected chi connectivity index (χ2v) is 5.51. The molecule has 0 N–H and O–H groups in total. The lowest BCUT2D eigenvalue weighted by molar-refractivity contribution is -0.161. The van der Waals surface area contributed by atoms with Crippen LogP contribution in [0.3, 0.4) is 0 Å². The molecule has 0 spiro atoms. The highest BCUT2D eigenvalue weighted by atomic mass is 16.8. The number of hydrogen-bond acceptors (Lipinski definition) is 4. The van der Waals surface area contributed by atoms with Crippen molar-refractivity contribution in [2.75, 3.05) is 14.2 Å². The smallest absolute Gasteiger partial charge is 0.164 e. The third-order valence-corrected chi connectivity index (χ3v) is 3.88. The summed E-state index contributed by atoms with van der Waals surface area (Å²) in [6.45, 7) is 3.85. The van der Waals surface area contributed by atoms with Crippen molar-refractivity contribution in [3.63, 3.8) is 0 Å². The monoisotopic (exact) mass is 264 g/mol. The first kappa shape index (κ1) is 13.1. The maximum absolute atomic E-state index is 6.02. The predicted octanol–water partition coefficient (Wildman–Crippen LogP) is 2.60. The van der Waals surface area contributed by atoms with Crippen molar-refractivity contribution >= 4 is 0 Å².